The van der Waals surface area contributed by atoms with Crippen molar-refractivity contribution < 1.29 is 26.0 Å². The van der Waals surface area contributed by atoms with Crippen LogP contribution in [0.4, 0.5) is 19.1 Å². The van der Waals surface area contributed by atoms with E-state index in [1.165, 1.54) is 12.1 Å². The molecular weight excluding hydrogens is 307 g/mol. The van der Waals surface area contributed by atoms with Crippen molar-refractivity contribution in [3.63, 3.8) is 0 Å². The molecule has 1 aliphatic rings. The van der Waals surface area contributed by atoms with Gasteiger partial charge in [0.05, 0.1) is 0 Å². The van der Waals surface area contributed by atoms with Gasteiger partial charge in [0.1, 0.15) is 5.76 Å². The monoisotopic (exact) mass is 323 g/mol. The number of sulfonamides is 1. The topological polar surface area (TPSA) is 50.5 Å². The van der Waals surface area contributed by atoms with Crippen LogP contribution in [0.15, 0.2) is 23.1 Å². The highest BCUT2D eigenvalue weighted by Crippen LogP contribution is 2.35. The minimum Gasteiger partial charge on any atom is -0.444 e. The molecule has 0 fully saturated rings. The van der Waals surface area contributed by atoms with Crippen LogP contribution in [0.2, 0.25) is 0 Å². The Balaban J connectivity index is 2.41. The van der Waals surface area contributed by atoms with Crippen LogP contribution in [0, 0.1) is 0 Å². The molecule has 0 bridgehead atoms. The molecular formula is C13H16F3NO3S. The number of halogens is 3. The second-order valence-corrected chi connectivity index (χ2v) is 6.69. The van der Waals surface area contributed by atoms with Crippen LogP contribution >= 0.6 is 0 Å². The molecule has 0 spiro atoms. The van der Waals surface area contributed by atoms with Crippen molar-refractivity contribution in [2.24, 2.45) is 0 Å². The highest BCUT2D eigenvalue weighted by Gasteiger charge is 2.51. The van der Waals surface area contributed by atoms with Gasteiger partial charge in [0, 0.05) is 19.0 Å². The smallest absolute Gasteiger partial charge is 0.444 e. The molecule has 0 radical (unpaired) electrons. The number of rotatable bonds is 5. The third-order valence-electron chi connectivity index (χ3n) is 3.35. The van der Waals surface area contributed by atoms with Crippen LogP contribution in [-0.2, 0) is 22.9 Å². The molecule has 0 saturated heterocycles. The number of hydrogen-bond acceptors (Lipinski definition) is 3. The fourth-order valence-electron chi connectivity index (χ4n) is 2.28. The van der Waals surface area contributed by atoms with Crippen LogP contribution in [0.5, 0.6) is 0 Å². The first-order valence-corrected chi connectivity index (χ1v) is 8.03. The Hall–Kier alpha value is -1.44. The molecule has 0 aromatic carbocycles. The van der Waals surface area contributed by atoms with Crippen molar-refractivity contribution in [2.75, 3.05) is 10.8 Å². The summed E-state index contributed by atoms with van der Waals surface area (Å²) in [6, 6.07) is 1.40. The maximum absolute atomic E-state index is 12.8. The molecule has 1 heterocycles. The Labute approximate surface area is 121 Å². The average Bonchev–Trinajstić information content (AvgIpc) is 2.80. The summed E-state index contributed by atoms with van der Waals surface area (Å²) in [7, 11) is -5.47. The fraction of sp³-hybridized carbons (Fsp3) is 0.538. The molecule has 4 nitrogen and oxygen atoms in total. The summed E-state index contributed by atoms with van der Waals surface area (Å²) in [5.41, 5.74) is -4.57. The summed E-state index contributed by atoms with van der Waals surface area (Å²) >= 11 is 0. The van der Waals surface area contributed by atoms with Gasteiger partial charge in [-0.25, -0.2) is 4.31 Å². The maximum Gasteiger partial charge on any atom is 0.516 e. The number of hydrogen-bond donors (Lipinski definition) is 0. The third kappa shape index (κ3) is 3.09. The van der Waals surface area contributed by atoms with E-state index in [-0.39, 0.29) is 23.2 Å². The van der Waals surface area contributed by atoms with E-state index in [1.807, 2.05) is 0 Å². The van der Waals surface area contributed by atoms with Gasteiger partial charge in [-0.05, 0) is 31.2 Å². The first kappa shape index (κ1) is 15.9. The van der Waals surface area contributed by atoms with Crippen LogP contribution in [0.1, 0.15) is 30.6 Å². The molecule has 0 aliphatic heterocycles. The molecule has 1 aliphatic carbocycles. The minimum atomic E-state index is -5.47. The Morgan fingerprint density at radius 2 is 2.00 bits per heavy atom. The normalized spacial score (nSPS) is 15.6. The van der Waals surface area contributed by atoms with Crippen molar-refractivity contribution in [3.05, 3.63) is 30.0 Å². The predicted octanol–water partition coefficient (Wildman–Crippen LogP) is 3.39. The van der Waals surface area contributed by atoms with E-state index in [4.69, 9.17) is 4.42 Å². The van der Waals surface area contributed by atoms with Crippen molar-refractivity contribution in [1.82, 2.24) is 0 Å². The molecule has 2 rings (SSSR count). The van der Waals surface area contributed by atoms with Gasteiger partial charge in [-0.2, -0.15) is 21.6 Å². The number of furan rings is 1. The van der Waals surface area contributed by atoms with Gasteiger partial charge in [0.15, 0.2) is 0 Å². The lowest BCUT2D eigenvalue weighted by molar-refractivity contribution is -0.0439. The van der Waals surface area contributed by atoms with Gasteiger partial charge >= 0.3 is 15.5 Å². The minimum absolute atomic E-state index is 0.0979. The predicted molar refractivity (Wildman–Crippen MR) is 72.5 cm³/mol. The lowest BCUT2D eigenvalue weighted by atomic mass is 9.99. The molecule has 0 amide bonds. The number of anilines is 1. The van der Waals surface area contributed by atoms with Gasteiger partial charge < -0.3 is 4.42 Å². The molecule has 0 saturated carbocycles. The molecule has 0 unspecified atom stereocenters. The summed E-state index contributed by atoms with van der Waals surface area (Å²) in [6.45, 7) is 3.05. The summed E-state index contributed by atoms with van der Waals surface area (Å²) < 4.78 is 67.3. The molecule has 8 heteroatoms. The third-order valence-corrected chi connectivity index (χ3v) is 4.88. The second kappa shape index (κ2) is 5.75. The number of fused-ring (bicyclic) bond motifs is 1. The van der Waals surface area contributed by atoms with E-state index in [9.17, 15) is 21.6 Å². The Kier molecular flexibility index (Phi) is 4.36. The van der Waals surface area contributed by atoms with Crippen molar-refractivity contribution in [3.8, 4) is 0 Å². The Morgan fingerprint density at radius 1 is 1.33 bits per heavy atom. The SMILES string of the molecule is C=CCCN(c1cc2c(o1)CCCC2)S(=O)(=O)C(F)(F)F. The summed E-state index contributed by atoms with van der Waals surface area (Å²) in [4.78, 5) is 0. The quantitative estimate of drug-likeness (QED) is 0.781. The molecule has 1 aromatic rings. The van der Waals surface area contributed by atoms with Crippen LogP contribution in [0.25, 0.3) is 0 Å². The van der Waals surface area contributed by atoms with E-state index in [1.54, 1.807) is 0 Å². The van der Waals surface area contributed by atoms with Crippen molar-refractivity contribution >= 4 is 15.9 Å². The van der Waals surface area contributed by atoms with Crippen molar-refractivity contribution in [1.29, 1.82) is 0 Å². The van der Waals surface area contributed by atoms with E-state index in [0.29, 0.717) is 18.6 Å². The van der Waals surface area contributed by atoms with E-state index < -0.39 is 15.5 Å². The average molecular weight is 323 g/mol. The Bertz CT molecular complexity index is 596. The molecule has 118 valence electrons. The van der Waals surface area contributed by atoms with Gasteiger partial charge in [0.2, 0.25) is 5.88 Å². The fourth-order valence-corrected chi connectivity index (χ4v) is 3.20. The zero-order chi connectivity index (χ0) is 15.7. The van der Waals surface area contributed by atoms with Crippen molar-refractivity contribution in [2.45, 2.75) is 37.6 Å². The number of nitrogens with zero attached hydrogens (tertiary/aromatic N) is 1. The first-order chi connectivity index (χ1) is 9.77. The highest BCUT2D eigenvalue weighted by molar-refractivity contribution is 7.93. The molecule has 1 aromatic heterocycles. The zero-order valence-electron chi connectivity index (χ0n) is 11.3. The second-order valence-electron chi connectivity index (χ2n) is 4.84. The standard InChI is InChI=1S/C13H16F3NO3S/c1-2-3-8-17(21(18,19)13(14,15)16)12-9-10-6-4-5-7-11(10)20-12/h2,9H,1,3-8H2. The maximum atomic E-state index is 12.8. The van der Waals surface area contributed by atoms with E-state index >= 15 is 0 Å². The summed E-state index contributed by atoms with van der Waals surface area (Å²) in [5, 5.41) is 0. The molecule has 21 heavy (non-hydrogen) atoms. The zero-order valence-corrected chi connectivity index (χ0v) is 12.1. The summed E-state index contributed by atoms with van der Waals surface area (Å²) in [6.07, 6.45) is 4.59. The van der Waals surface area contributed by atoms with Gasteiger partial charge in [-0.15, -0.1) is 6.58 Å². The van der Waals surface area contributed by atoms with Gasteiger partial charge in [-0.3, -0.25) is 0 Å². The van der Waals surface area contributed by atoms with Crippen LogP contribution in [0.3, 0.4) is 0 Å². The Morgan fingerprint density at radius 3 is 2.57 bits per heavy atom. The van der Waals surface area contributed by atoms with E-state index in [2.05, 4.69) is 6.58 Å². The van der Waals surface area contributed by atoms with Gasteiger partial charge in [-0.1, -0.05) is 6.08 Å². The summed E-state index contributed by atoms with van der Waals surface area (Å²) in [5.74, 6) is 0.318. The highest BCUT2D eigenvalue weighted by atomic mass is 32.2. The first-order valence-electron chi connectivity index (χ1n) is 6.59. The van der Waals surface area contributed by atoms with Gasteiger partial charge in [0.25, 0.3) is 0 Å². The lowest BCUT2D eigenvalue weighted by Crippen LogP contribution is -2.41. The van der Waals surface area contributed by atoms with Crippen LogP contribution in [-0.4, -0.2) is 20.5 Å². The number of alkyl halides is 3. The number of aryl methyl sites for hydroxylation is 2. The molecule has 0 N–H and O–H groups in total. The van der Waals surface area contributed by atoms with E-state index in [0.717, 1.165) is 18.4 Å². The largest absolute Gasteiger partial charge is 0.516 e. The molecule has 0 atom stereocenters. The van der Waals surface area contributed by atoms with Crippen LogP contribution < -0.4 is 4.31 Å². The lowest BCUT2D eigenvalue weighted by Gasteiger charge is -2.22.